The molecule has 2 N–H and O–H groups in total. The van der Waals surface area contributed by atoms with Gasteiger partial charge < -0.3 is 19.9 Å². The van der Waals surface area contributed by atoms with E-state index < -0.39 is 0 Å². The quantitative estimate of drug-likeness (QED) is 0.759. The SMILES string of the molecule is Nc1nc(OC2CO[C@H]3OCC[C@@H]23)c2nc(-c3ccc(F)cc3)ccc2n1. The van der Waals surface area contributed by atoms with Gasteiger partial charge in [-0.2, -0.15) is 4.98 Å². The Bertz CT molecular complexity index is 998. The van der Waals surface area contributed by atoms with Gasteiger partial charge in [-0.1, -0.05) is 0 Å². The number of nitrogen functional groups attached to an aromatic ring is 1. The van der Waals surface area contributed by atoms with Crippen molar-refractivity contribution in [2.24, 2.45) is 5.92 Å². The first-order chi connectivity index (χ1) is 13.2. The molecule has 2 fully saturated rings. The van der Waals surface area contributed by atoms with E-state index in [-0.39, 0.29) is 30.1 Å². The number of anilines is 1. The first-order valence-corrected chi connectivity index (χ1v) is 8.77. The second-order valence-corrected chi connectivity index (χ2v) is 6.64. The number of pyridine rings is 1. The minimum Gasteiger partial charge on any atom is -0.470 e. The lowest BCUT2D eigenvalue weighted by atomic mass is 10.0. The third kappa shape index (κ3) is 2.96. The van der Waals surface area contributed by atoms with Crippen LogP contribution in [0.15, 0.2) is 36.4 Å². The molecule has 7 nitrogen and oxygen atoms in total. The average Bonchev–Trinajstić information content (AvgIpc) is 3.27. The molecule has 5 rings (SSSR count). The summed E-state index contributed by atoms with van der Waals surface area (Å²) >= 11 is 0. The van der Waals surface area contributed by atoms with Crippen LogP contribution in [0.1, 0.15) is 6.42 Å². The summed E-state index contributed by atoms with van der Waals surface area (Å²) in [7, 11) is 0. The Labute approximate surface area is 154 Å². The fraction of sp³-hybridized carbons (Fsp3) is 0.316. The molecule has 0 bridgehead atoms. The molecule has 2 aliphatic heterocycles. The van der Waals surface area contributed by atoms with E-state index in [1.54, 1.807) is 18.2 Å². The van der Waals surface area contributed by atoms with E-state index >= 15 is 0 Å². The van der Waals surface area contributed by atoms with E-state index in [9.17, 15) is 4.39 Å². The summed E-state index contributed by atoms with van der Waals surface area (Å²) in [5, 5.41) is 0. The average molecular weight is 368 g/mol. The molecule has 1 aromatic carbocycles. The standard InChI is InChI=1S/C19H17FN4O3/c20-11-3-1-10(2-4-11)13-5-6-14-16(22-13)17(24-19(21)23-14)27-15-9-26-18-12(15)7-8-25-18/h1-6,12,15,18H,7-9H2,(H2,21,23,24)/t12-,15?,18+/m0/s1. The lowest BCUT2D eigenvalue weighted by Gasteiger charge is -2.17. The Kier molecular flexibility index (Phi) is 3.87. The maximum atomic E-state index is 13.2. The maximum absolute atomic E-state index is 13.2. The van der Waals surface area contributed by atoms with Gasteiger partial charge in [-0.3, -0.25) is 0 Å². The molecule has 8 heteroatoms. The second-order valence-electron chi connectivity index (χ2n) is 6.64. The zero-order valence-electron chi connectivity index (χ0n) is 14.3. The number of fused-ring (bicyclic) bond motifs is 2. The number of nitrogens with zero attached hydrogens (tertiary/aromatic N) is 3. The van der Waals surface area contributed by atoms with Gasteiger partial charge in [0.2, 0.25) is 11.8 Å². The predicted octanol–water partition coefficient (Wildman–Crippen LogP) is 2.55. The molecule has 2 aromatic heterocycles. The summed E-state index contributed by atoms with van der Waals surface area (Å²) in [5.41, 5.74) is 8.39. The fourth-order valence-electron chi connectivity index (χ4n) is 3.56. The molecule has 0 amide bonds. The minimum absolute atomic E-state index is 0.118. The number of hydrogen-bond donors (Lipinski definition) is 1. The van der Waals surface area contributed by atoms with Gasteiger partial charge >= 0.3 is 0 Å². The van der Waals surface area contributed by atoms with Crippen LogP contribution >= 0.6 is 0 Å². The Balaban J connectivity index is 1.54. The van der Waals surface area contributed by atoms with E-state index in [4.69, 9.17) is 19.9 Å². The molecule has 3 atom stereocenters. The molecule has 3 aromatic rings. The van der Waals surface area contributed by atoms with Gasteiger partial charge in [0, 0.05) is 5.56 Å². The largest absolute Gasteiger partial charge is 0.470 e. The molecular weight excluding hydrogens is 351 g/mol. The minimum atomic E-state index is -0.297. The molecule has 0 spiro atoms. The number of benzene rings is 1. The smallest absolute Gasteiger partial charge is 0.245 e. The number of hydrogen-bond acceptors (Lipinski definition) is 7. The Morgan fingerprint density at radius 3 is 2.74 bits per heavy atom. The molecule has 138 valence electrons. The Hall–Kier alpha value is -2.84. The van der Waals surface area contributed by atoms with Crippen molar-refractivity contribution in [3.05, 3.63) is 42.2 Å². The Morgan fingerprint density at radius 1 is 1.04 bits per heavy atom. The molecule has 4 heterocycles. The number of halogens is 1. The van der Waals surface area contributed by atoms with Crippen molar-refractivity contribution in [3.8, 4) is 17.1 Å². The number of nitrogens with two attached hydrogens (primary N) is 1. The molecule has 2 saturated heterocycles. The van der Waals surface area contributed by atoms with Crippen LogP contribution in [-0.2, 0) is 9.47 Å². The fourth-order valence-corrected chi connectivity index (χ4v) is 3.56. The van der Waals surface area contributed by atoms with Crippen LogP contribution in [0.3, 0.4) is 0 Å². The zero-order chi connectivity index (χ0) is 18.4. The first kappa shape index (κ1) is 16.3. The summed E-state index contributed by atoms with van der Waals surface area (Å²) < 4.78 is 30.5. The highest BCUT2D eigenvalue weighted by Crippen LogP contribution is 2.35. The predicted molar refractivity (Wildman–Crippen MR) is 95.4 cm³/mol. The van der Waals surface area contributed by atoms with Crippen molar-refractivity contribution in [1.82, 2.24) is 15.0 Å². The summed E-state index contributed by atoms with van der Waals surface area (Å²) in [4.78, 5) is 13.1. The van der Waals surface area contributed by atoms with Crippen LogP contribution in [-0.4, -0.2) is 40.6 Å². The van der Waals surface area contributed by atoms with Crippen molar-refractivity contribution < 1.29 is 18.6 Å². The van der Waals surface area contributed by atoms with E-state index in [2.05, 4.69) is 15.0 Å². The van der Waals surface area contributed by atoms with Gasteiger partial charge in [0.15, 0.2) is 11.8 Å². The Morgan fingerprint density at radius 2 is 1.89 bits per heavy atom. The van der Waals surface area contributed by atoms with Crippen molar-refractivity contribution in [2.75, 3.05) is 18.9 Å². The lowest BCUT2D eigenvalue weighted by molar-refractivity contribution is -0.0906. The molecular formula is C19H17FN4O3. The maximum Gasteiger partial charge on any atom is 0.245 e. The highest BCUT2D eigenvalue weighted by molar-refractivity contribution is 5.83. The zero-order valence-corrected chi connectivity index (χ0v) is 14.3. The topological polar surface area (TPSA) is 92.4 Å². The van der Waals surface area contributed by atoms with Crippen LogP contribution in [0.5, 0.6) is 5.88 Å². The number of ether oxygens (including phenoxy) is 3. The number of rotatable bonds is 3. The molecule has 2 aliphatic rings. The highest BCUT2D eigenvalue weighted by Gasteiger charge is 2.43. The van der Waals surface area contributed by atoms with Crippen molar-refractivity contribution in [3.63, 3.8) is 0 Å². The van der Waals surface area contributed by atoms with Crippen LogP contribution in [0, 0.1) is 11.7 Å². The summed E-state index contributed by atoms with van der Waals surface area (Å²) in [6.45, 7) is 1.09. The monoisotopic (exact) mass is 368 g/mol. The van der Waals surface area contributed by atoms with Gasteiger partial charge in [0.05, 0.1) is 30.3 Å². The summed E-state index contributed by atoms with van der Waals surface area (Å²) in [6, 6.07) is 9.76. The number of aromatic nitrogens is 3. The van der Waals surface area contributed by atoms with E-state index in [0.717, 1.165) is 12.0 Å². The molecule has 1 unspecified atom stereocenters. The highest BCUT2D eigenvalue weighted by atomic mass is 19.1. The second kappa shape index (κ2) is 6.40. The third-order valence-electron chi connectivity index (χ3n) is 4.92. The van der Waals surface area contributed by atoms with Crippen LogP contribution in [0.2, 0.25) is 0 Å². The van der Waals surface area contributed by atoms with Crippen molar-refractivity contribution >= 4 is 17.0 Å². The van der Waals surface area contributed by atoms with E-state index in [1.165, 1.54) is 12.1 Å². The van der Waals surface area contributed by atoms with E-state index in [1.807, 2.05) is 6.07 Å². The van der Waals surface area contributed by atoms with Crippen LogP contribution < -0.4 is 10.5 Å². The van der Waals surface area contributed by atoms with Crippen molar-refractivity contribution in [1.29, 1.82) is 0 Å². The van der Waals surface area contributed by atoms with Gasteiger partial charge in [-0.15, -0.1) is 0 Å². The van der Waals surface area contributed by atoms with Gasteiger partial charge in [-0.25, -0.2) is 14.4 Å². The molecule has 0 radical (unpaired) electrons. The normalized spacial score (nSPS) is 24.3. The molecule has 27 heavy (non-hydrogen) atoms. The summed E-state index contributed by atoms with van der Waals surface area (Å²) in [6.07, 6.45) is 0.483. The van der Waals surface area contributed by atoms with Gasteiger partial charge in [-0.05, 0) is 42.8 Å². The van der Waals surface area contributed by atoms with Crippen LogP contribution in [0.25, 0.3) is 22.3 Å². The lowest BCUT2D eigenvalue weighted by Crippen LogP contribution is -2.26. The first-order valence-electron chi connectivity index (χ1n) is 8.77. The van der Waals surface area contributed by atoms with Gasteiger partial charge in [0.25, 0.3) is 0 Å². The van der Waals surface area contributed by atoms with Crippen molar-refractivity contribution in [2.45, 2.75) is 18.8 Å². The molecule has 0 saturated carbocycles. The molecule has 0 aliphatic carbocycles. The third-order valence-corrected chi connectivity index (χ3v) is 4.92. The van der Waals surface area contributed by atoms with Crippen LogP contribution in [0.4, 0.5) is 10.3 Å². The van der Waals surface area contributed by atoms with E-state index in [0.29, 0.717) is 35.8 Å². The summed E-state index contributed by atoms with van der Waals surface area (Å²) in [5.74, 6) is 0.306. The van der Waals surface area contributed by atoms with Gasteiger partial charge in [0.1, 0.15) is 11.9 Å².